The summed E-state index contributed by atoms with van der Waals surface area (Å²) < 4.78 is 19.5. The Kier molecular flexibility index (Phi) is 10.2. The normalized spacial score (nSPS) is 15.9. The number of fused-ring (bicyclic) bond motifs is 1. The highest BCUT2D eigenvalue weighted by Gasteiger charge is 2.24. The first-order valence-corrected chi connectivity index (χ1v) is 12.3. The number of methoxy groups -OCH3 is 1. The van der Waals surface area contributed by atoms with Gasteiger partial charge in [0.05, 0.1) is 6.42 Å². The van der Waals surface area contributed by atoms with E-state index in [1.54, 1.807) is 28.3 Å². The molecule has 8 heteroatoms. The molecule has 35 heavy (non-hydrogen) atoms. The molecule has 1 aromatic heterocycles. The van der Waals surface area contributed by atoms with Crippen LogP contribution in [0.3, 0.4) is 0 Å². The molecule has 2 amide bonds. The largest absolute Gasteiger partial charge is 0.375 e. The summed E-state index contributed by atoms with van der Waals surface area (Å²) in [6.45, 7) is 8.26. The van der Waals surface area contributed by atoms with E-state index in [-0.39, 0.29) is 31.4 Å². The quantitative estimate of drug-likeness (QED) is 0.628. The van der Waals surface area contributed by atoms with E-state index in [1.165, 1.54) is 19.2 Å². The van der Waals surface area contributed by atoms with Crippen LogP contribution in [0.4, 0.5) is 10.1 Å². The molecule has 3 rings (SSSR count). The third-order valence-electron chi connectivity index (χ3n) is 6.08. The first-order chi connectivity index (χ1) is 16.9. The van der Waals surface area contributed by atoms with Gasteiger partial charge >= 0.3 is 0 Å². The average molecular weight is 485 g/mol. The van der Waals surface area contributed by atoms with Gasteiger partial charge in [-0.1, -0.05) is 19.9 Å². The van der Waals surface area contributed by atoms with Crippen LogP contribution in [0.2, 0.25) is 0 Å². The molecule has 2 aromatic rings. The maximum absolute atomic E-state index is 14.3. The van der Waals surface area contributed by atoms with Gasteiger partial charge in [-0.25, -0.2) is 4.39 Å². The summed E-state index contributed by atoms with van der Waals surface area (Å²) in [5, 5.41) is 0. The Bertz CT molecular complexity index is 970. The van der Waals surface area contributed by atoms with Crippen LogP contribution in [0.5, 0.6) is 0 Å². The van der Waals surface area contributed by atoms with Crippen molar-refractivity contribution >= 4 is 17.5 Å². The topological polar surface area (TPSA) is 66.0 Å². The lowest BCUT2D eigenvalue weighted by molar-refractivity contribution is -0.131. The van der Waals surface area contributed by atoms with Gasteiger partial charge in [-0.3, -0.25) is 14.6 Å². The van der Waals surface area contributed by atoms with Crippen molar-refractivity contribution < 1.29 is 18.7 Å². The van der Waals surface area contributed by atoms with Crippen molar-refractivity contribution in [1.29, 1.82) is 0 Å². The lowest BCUT2D eigenvalue weighted by Crippen LogP contribution is -2.41. The third-order valence-corrected chi connectivity index (χ3v) is 6.08. The predicted molar refractivity (Wildman–Crippen MR) is 134 cm³/mol. The maximum atomic E-state index is 14.3. The molecule has 190 valence electrons. The molecular formula is C27H37FN4O3. The number of rotatable bonds is 6. The minimum atomic E-state index is -0.391. The number of hydrogen-bond acceptors (Lipinski definition) is 5. The fourth-order valence-corrected chi connectivity index (χ4v) is 4.56. The number of pyridine rings is 1. The molecule has 0 radical (unpaired) electrons. The minimum Gasteiger partial charge on any atom is -0.375 e. The van der Waals surface area contributed by atoms with Crippen molar-refractivity contribution in [3.63, 3.8) is 0 Å². The van der Waals surface area contributed by atoms with E-state index in [1.807, 2.05) is 12.1 Å². The minimum absolute atomic E-state index is 0.0459. The van der Waals surface area contributed by atoms with Crippen LogP contribution in [0, 0.1) is 11.7 Å². The van der Waals surface area contributed by atoms with Crippen molar-refractivity contribution in [3.8, 4) is 0 Å². The lowest BCUT2D eigenvalue weighted by atomic mass is 10.1. The van der Waals surface area contributed by atoms with Gasteiger partial charge in [0.2, 0.25) is 5.91 Å². The zero-order chi connectivity index (χ0) is 25.2. The molecule has 0 atom stereocenters. The van der Waals surface area contributed by atoms with Gasteiger partial charge < -0.3 is 19.4 Å². The molecule has 0 bridgehead atoms. The van der Waals surface area contributed by atoms with Gasteiger partial charge in [0.1, 0.15) is 12.4 Å². The molecule has 2 heterocycles. The van der Waals surface area contributed by atoms with Crippen molar-refractivity contribution in [2.75, 3.05) is 51.3 Å². The number of carbonyl (C=O) groups is 2. The molecule has 0 fully saturated rings. The summed E-state index contributed by atoms with van der Waals surface area (Å²) in [7, 11) is 1.49. The summed E-state index contributed by atoms with van der Waals surface area (Å²) in [6, 6.07) is 8.13. The van der Waals surface area contributed by atoms with E-state index in [0.29, 0.717) is 30.3 Å². The second kappa shape index (κ2) is 13.3. The summed E-state index contributed by atoms with van der Waals surface area (Å²) in [5.74, 6) is -0.101. The first kappa shape index (κ1) is 26.8. The van der Waals surface area contributed by atoms with E-state index in [0.717, 1.165) is 38.0 Å². The van der Waals surface area contributed by atoms with Gasteiger partial charge in [0, 0.05) is 51.4 Å². The number of aromatic nitrogens is 1. The Morgan fingerprint density at radius 1 is 1.09 bits per heavy atom. The van der Waals surface area contributed by atoms with E-state index in [2.05, 4.69) is 23.7 Å². The number of benzene rings is 1. The number of carbonyl (C=O) groups excluding carboxylic acids is 2. The molecule has 0 saturated heterocycles. The van der Waals surface area contributed by atoms with Crippen LogP contribution >= 0.6 is 0 Å². The highest BCUT2D eigenvalue weighted by atomic mass is 19.1. The highest BCUT2D eigenvalue weighted by molar-refractivity contribution is 5.95. The number of ether oxygens (including phenoxy) is 1. The number of nitrogens with zero attached hydrogens (tertiary/aromatic N) is 4. The van der Waals surface area contributed by atoms with E-state index in [9.17, 15) is 14.0 Å². The standard InChI is InChI=1S/C27H37FN4O3/c1-21(2)18-30-11-5-13-31(26(33)15-22-7-4-10-29-17-22)19-23-16-24(28)8-9-25(23)32(14-6-12-30)27(34)20-35-3/h4,7-10,16-17,21H,5-6,11-15,18-20H2,1-3H3. The fraction of sp³-hybridized carbons (Fsp3) is 0.519. The summed E-state index contributed by atoms with van der Waals surface area (Å²) in [6.07, 6.45) is 5.21. The highest BCUT2D eigenvalue weighted by Crippen LogP contribution is 2.25. The average Bonchev–Trinajstić information content (AvgIpc) is 2.81. The fourth-order valence-electron chi connectivity index (χ4n) is 4.56. The number of hydrogen-bond donors (Lipinski definition) is 0. The molecule has 0 spiro atoms. The maximum Gasteiger partial charge on any atom is 0.252 e. The Hall–Kier alpha value is -2.84. The molecule has 1 aromatic carbocycles. The van der Waals surface area contributed by atoms with Crippen molar-refractivity contribution in [2.45, 2.75) is 39.7 Å². The second-order valence-corrected chi connectivity index (χ2v) is 9.51. The molecule has 1 aliphatic heterocycles. The van der Waals surface area contributed by atoms with Crippen LogP contribution in [0.1, 0.15) is 37.8 Å². The lowest BCUT2D eigenvalue weighted by Gasteiger charge is -2.32. The predicted octanol–water partition coefficient (Wildman–Crippen LogP) is 3.52. The van der Waals surface area contributed by atoms with Crippen LogP contribution in [-0.2, 0) is 27.3 Å². The molecule has 0 saturated carbocycles. The smallest absolute Gasteiger partial charge is 0.252 e. The zero-order valence-electron chi connectivity index (χ0n) is 21.1. The van der Waals surface area contributed by atoms with Crippen molar-refractivity contribution in [1.82, 2.24) is 14.8 Å². The Morgan fingerprint density at radius 3 is 2.54 bits per heavy atom. The SMILES string of the molecule is COCC(=O)N1CCCN(CC(C)C)CCCN(C(=O)Cc2cccnc2)Cc2cc(F)ccc21. The molecule has 0 N–H and O–H groups in total. The Labute approximate surface area is 207 Å². The van der Waals surface area contributed by atoms with Gasteiger partial charge in [-0.2, -0.15) is 0 Å². The van der Waals surface area contributed by atoms with Crippen LogP contribution < -0.4 is 4.90 Å². The molecular weight excluding hydrogens is 447 g/mol. The van der Waals surface area contributed by atoms with Crippen molar-refractivity contribution in [2.24, 2.45) is 5.92 Å². The zero-order valence-corrected chi connectivity index (χ0v) is 21.1. The van der Waals surface area contributed by atoms with Crippen molar-refractivity contribution in [3.05, 3.63) is 59.7 Å². The van der Waals surface area contributed by atoms with Gasteiger partial charge in [0.15, 0.2) is 0 Å². The Morgan fingerprint density at radius 2 is 1.86 bits per heavy atom. The van der Waals surface area contributed by atoms with E-state index in [4.69, 9.17) is 4.74 Å². The van der Waals surface area contributed by atoms with Gasteiger partial charge in [-0.15, -0.1) is 0 Å². The number of amides is 2. The van der Waals surface area contributed by atoms with Crippen LogP contribution in [0.15, 0.2) is 42.7 Å². The van der Waals surface area contributed by atoms with E-state index < -0.39 is 5.82 Å². The molecule has 0 aliphatic carbocycles. The summed E-state index contributed by atoms with van der Waals surface area (Å²) in [5.41, 5.74) is 2.08. The molecule has 7 nitrogen and oxygen atoms in total. The van der Waals surface area contributed by atoms with Crippen LogP contribution in [0.25, 0.3) is 0 Å². The number of halogens is 1. The second-order valence-electron chi connectivity index (χ2n) is 9.51. The third kappa shape index (κ3) is 8.11. The van der Waals surface area contributed by atoms with Gasteiger partial charge in [-0.05, 0) is 67.2 Å². The van der Waals surface area contributed by atoms with Gasteiger partial charge in [0.25, 0.3) is 5.91 Å². The summed E-state index contributed by atoms with van der Waals surface area (Å²) >= 11 is 0. The molecule has 0 unspecified atom stereocenters. The van der Waals surface area contributed by atoms with Crippen LogP contribution in [-0.4, -0.2) is 73.0 Å². The Balaban J connectivity index is 1.94. The van der Waals surface area contributed by atoms with E-state index >= 15 is 0 Å². The summed E-state index contributed by atoms with van der Waals surface area (Å²) in [4.78, 5) is 36.3. The monoisotopic (exact) mass is 484 g/mol. The number of anilines is 1. The molecule has 1 aliphatic rings. The first-order valence-electron chi connectivity index (χ1n) is 12.3.